The van der Waals surface area contributed by atoms with E-state index in [4.69, 9.17) is 28.4 Å². The molecule has 1 fully saturated rings. The molecule has 0 bridgehead atoms. The number of carbonyl (C=O) groups is 3. The van der Waals surface area contributed by atoms with Crippen molar-refractivity contribution in [2.45, 2.75) is 51.7 Å². The van der Waals surface area contributed by atoms with E-state index in [0.717, 1.165) is 11.1 Å². The Labute approximate surface area is 303 Å². The second-order valence-electron chi connectivity index (χ2n) is 12.7. The highest BCUT2D eigenvalue weighted by atomic mass is 16.7. The highest BCUT2D eigenvalue weighted by Gasteiger charge is 2.54. The predicted octanol–water partition coefficient (Wildman–Crippen LogP) is 7.84. The lowest BCUT2D eigenvalue weighted by molar-refractivity contribution is -0.275. The van der Waals surface area contributed by atoms with E-state index in [1.54, 1.807) is 78.9 Å². The predicted molar refractivity (Wildman–Crippen MR) is 192 cm³/mol. The van der Waals surface area contributed by atoms with Crippen molar-refractivity contribution >= 4 is 17.9 Å². The molecule has 1 aliphatic rings. The summed E-state index contributed by atoms with van der Waals surface area (Å²) in [4.78, 5) is 40.2. The van der Waals surface area contributed by atoms with E-state index in [-0.39, 0.29) is 19.1 Å². The van der Waals surface area contributed by atoms with Crippen molar-refractivity contribution in [3.63, 3.8) is 0 Å². The molecule has 5 aromatic carbocycles. The quantitative estimate of drug-likeness (QED) is 0.0897. The van der Waals surface area contributed by atoms with E-state index >= 15 is 0 Å². The SMILES string of the molecule is CC(C)[C@H]1[C@H](OCc2ccccc2)[C@@H](OC(=O)c2ccccc2)[C@H](Oc2ccc(OC(=O)c3ccccc3)cc2)O[C@@H]1C(=O)OCc1ccccc1. The van der Waals surface area contributed by atoms with Crippen molar-refractivity contribution in [1.29, 1.82) is 0 Å². The van der Waals surface area contributed by atoms with Crippen LogP contribution in [0.15, 0.2) is 146 Å². The monoisotopic (exact) mass is 700 g/mol. The van der Waals surface area contributed by atoms with E-state index in [1.165, 1.54) is 0 Å². The first-order chi connectivity index (χ1) is 25.4. The van der Waals surface area contributed by atoms with Crippen LogP contribution in [0, 0.1) is 11.8 Å². The third kappa shape index (κ3) is 9.31. The van der Waals surface area contributed by atoms with Crippen molar-refractivity contribution in [1.82, 2.24) is 0 Å². The lowest BCUT2D eigenvalue weighted by atomic mass is 9.80. The number of benzene rings is 5. The highest BCUT2D eigenvalue weighted by molar-refractivity contribution is 5.91. The summed E-state index contributed by atoms with van der Waals surface area (Å²) in [6, 6.07) is 42.6. The van der Waals surface area contributed by atoms with Crippen molar-refractivity contribution in [3.8, 4) is 11.5 Å². The minimum absolute atomic E-state index is 0.0427. The summed E-state index contributed by atoms with van der Waals surface area (Å²) in [5, 5.41) is 0. The summed E-state index contributed by atoms with van der Waals surface area (Å²) in [7, 11) is 0. The number of hydrogen-bond donors (Lipinski definition) is 0. The largest absolute Gasteiger partial charge is 0.461 e. The minimum atomic E-state index is -1.30. The Hall–Kier alpha value is -5.77. The number of ether oxygens (including phenoxy) is 6. The molecule has 6 rings (SSSR count). The standard InChI is InChI=1S/C43H40O9/c1-29(2)36-37(47-27-30-15-7-3-8-16-30)39(51-41(45)33-21-13-6-14-22-33)43(52-38(36)42(46)48-28-31-17-9-4-10-18-31)50-35-25-23-34(24-26-35)49-40(44)32-19-11-5-12-20-32/h3-26,29,36-39,43H,27-28H2,1-2H3/t36-,37-,38-,39+,43+/m0/s1. The van der Waals surface area contributed by atoms with Crippen LogP contribution in [-0.2, 0) is 37.0 Å². The molecule has 52 heavy (non-hydrogen) atoms. The second-order valence-corrected chi connectivity index (χ2v) is 12.7. The van der Waals surface area contributed by atoms with Crippen molar-refractivity contribution in [2.75, 3.05) is 0 Å². The first-order valence-electron chi connectivity index (χ1n) is 17.2. The molecule has 0 spiro atoms. The van der Waals surface area contributed by atoms with Gasteiger partial charge in [0.05, 0.1) is 17.7 Å². The van der Waals surface area contributed by atoms with E-state index in [2.05, 4.69) is 0 Å². The number of esters is 3. The molecule has 0 aromatic heterocycles. The fourth-order valence-corrected chi connectivity index (χ4v) is 6.03. The molecule has 0 unspecified atom stereocenters. The van der Waals surface area contributed by atoms with E-state index in [1.807, 2.05) is 80.6 Å². The maximum Gasteiger partial charge on any atom is 0.343 e. The summed E-state index contributed by atoms with van der Waals surface area (Å²) in [6.07, 6.45) is -4.40. The Kier molecular flexibility index (Phi) is 12.1. The average molecular weight is 701 g/mol. The van der Waals surface area contributed by atoms with Gasteiger partial charge in [0.1, 0.15) is 24.2 Å². The first-order valence-corrected chi connectivity index (χ1v) is 17.2. The van der Waals surface area contributed by atoms with Crippen LogP contribution < -0.4 is 9.47 Å². The Morgan fingerprint density at radius 3 is 1.65 bits per heavy atom. The van der Waals surface area contributed by atoms with Crippen LogP contribution in [0.3, 0.4) is 0 Å². The molecule has 1 saturated heterocycles. The molecule has 1 aliphatic heterocycles. The fraction of sp³-hybridized carbons (Fsp3) is 0.233. The minimum Gasteiger partial charge on any atom is -0.461 e. The molecular formula is C43H40O9. The van der Waals surface area contributed by atoms with Gasteiger partial charge in [0.25, 0.3) is 0 Å². The molecule has 9 heteroatoms. The maximum absolute atomic E-state index is 13.9. The fourth-order valence-electron chi connectivity index (χ4n) is 6.03. The smallest absolute Gasteiger partial charge is 0.343 e. The summed E-state index contributed by atoms with van der Waals surface area (Å²) < 4.78 is 37.0. The molecule has 0 N–H and O–H groups in total. The van der Waals surface area contributed by atoms with Gasteiger partial charge in [-0.3, -0.25) is 0 Å². The number of rotatable bonds is 13. The maximum atomic E-state index is 13.9. The van der Waals surface area contributed by atoms with E-state index < -0.39 is 48.4 Å². The summed E-state index contributed by atoms with van der Waals surface area (Å²) in [6.45, 7) is 4.13. The molecule has 0 radical (unpaired) electrons. The van der Waals surface area contributed by atoms with Gasteiger partial charge in [-0.2, -0.15) is 0 Å². The summed E-state index contributed by atoms with van der Waals surface area (Å²) in [5.41, 5.74) is 2.46. The van der Waals surface area contributed by atoms with Gasteiger partial charge < -0.3 is 28.4 Å². The lowest BCUT2D eigenvalue weighted by Crippen LogP contribution is -2.62. The molecule has 5 aromatic rings. The average Bonchev–Trinajstić information content (AvgIpc) is 3.18. The van der Waals surface area contributed by atoms with Crippen LogP contribution in [0.5, 0.6) is 11.5 Å². The molecule has 1 heterocycles. The lowest BCUT2D eigenvalue weighted by Gasteiger charge is -2.46. The molecule has 0 aliphatic carbocycles. The third-order valence-electron chi connectivity index (χ3n) is 8.66. The Bertz CT molecular complexity index is 1880. The molecule has 0 amide bonds. The van der Waals surface area contributed by atoms with E-state index in [0.29, 0.717) is 22.6 Å². The van der Waals surface area contributed by atoms with Gasteiger partial charge in [-0.25, -0.2) is 14.4 Å². The number of hydrogen-bond acceptors (Lipinski definition) is 9. The van der Waals surface area contributed by atoms with Gasteiger partial charge in [0, 0.05) is 5.92 Å². The van der Waals surface area contributed by atoms with Gasteiger partial charge in [0.2, 0.25) is 6.29 Å². The van der Waals surface area contributed by atoms with Crippen molar-refractivity contribution in [2.24, 2.45) is 11.8 Å². The van der Waals surface area contributed by atoms with Crippen LogP contribution >= 0.6 is 0 Å². The molecule has 5 atom stereocenters. The second kappa shape index (κ2) is 17.4. The van der Waals surface area contributed by atoms with Gasteiger partial charge in [-0.05, 0) is 65.6 Å². The van der Waals surface area contributed by atoms with Gasteiger partial charge in [-0.1, -0.05) is 111 Å². The zero-order valence-corrected chi connectivity index (χ0v) is 28.9. The molecular weight excluding hydrogens is 660 g/mol. The Morgan fingerprint density at radius 1 is 0.596 bits per heavy atom. The van der Waals surface area contributed by atoms with Crippen LogP contribution in [0.4, 0.5) is 0 Å². The molecule has 9 nitrogen and oxygen atoms in total. The van der Waals surface area contributed by atoms with Crippen LogP contribution in [0.25, 0.3) is 0 Å². The van der Waals surface area contributed by atoms with Crippen molar-refractivity contribution in [3.05, 3.63) is 168 Å². The van der Waals surface area contributed by atoms with E-state index in [9.17, 15) is 14.4 Å². The van der Waals surface area contributed by atoms with Crippen LogP contribution in [0.1, 0.15) is 45.7 Å². The zero-order valence-electron chi connectivity index (χ0n) is 28.9. The van der Waals surface area contributed by atoms with Crippen LogP contribution in [0.2, 0.25) is 0 Å². The summed E-state index contributed by atoms with van der Waals surface area (Å²) in [5.74, 6) is -1.87. The van der Waals surface area contributed by atoms with Gasteiger partial charge in [-0.15, -0.1) is 0 Å². The van der Waals surface area contributed by atoms with Gasteiger partial charge >= 0.3 is 17.9 Å². The van der Waals surface area contributed by atoms with Crippen molar-refractivity contribution < 1.29 is 42.8 Å². The van der Waals surface area contributed by atoms with Crippen LogP contribution in [-0.4, -0.2) is 42.5 Å². The number of carbonyl (C=O) groups excluding carboxylic acids is 3. The third-order valence-corrected chi connectivity index (χ3v) is 8.66. The zero-order chi connectivity index (χ0) is 36.3. The highest BCUT2D eigenvalue weighted by Crippen LogP contribution is 2.38. The first kappa shape index (κ1) is 36.0. The molecule has 266 valence electrons. The Balaban J connectivity index is 1.31. The molecule has 0 saturated carbocycles. The Morgan fingerprint density at radius 2 is 1.10 bits per heavy atom. The topological polar surface area (TPSA) is 107 Å². The van der Waals surface area contributed by atoms with Gasteiger partial charge in [0.15, 0.2) is 12.2 Å². The summed E-state index contributed by atoms with van der Waals surface area (Å²) >= 11 is 0. The normalized spacial score (nSPS) is 19.7.